The molecule has 138 valence electrons. The van der Waals surface area contributed by atoms with Crippen LogP contribution in [-0.4, -0.2) is 45.0 Å². The van der Waals surface area contributed by atoms with Crippen LogP contribution in [0.25, 0.3) is 10.6 Å². The highest BCUT2D eigenvalue weighted by molar-refractivity contribution is 7.18. The van der Waals surface area contributed by atoms with Gasteiger partial charge in [0.1, 0.15) is 11.6 Å². The maximum absolute atomic E-state index is 11.5. The van der Waals surface area contributed by atoms with Crippen LogP contribution < -0.4 is 10.2 Å². The lowest BCUT2D eigenvalue weighted by Gasteiger charge is -2.12. The molecule has 27 heavy (non-hydrogen) atoms. The summed E-state index contributed by atoms with van der Waals surface area (Å²) >= 11 is 1.56. The first-order valence-corrected chi connectivity index (χ1v) is 9.50. The van der Waals surface area contributed by atoms with Gasteiger partial charge in [-0.2, -0.15) is 0 Å². The Morgan fingerprint density at radius 2 is 2.19 bits per heavy atom. The molecule has 4 rings (SSSR count). The minimum Gasteiger partial charge on any atom is -0.391 e. The number of thiazole rings is 1. The summed E-state index contributed by atoms with van der Waals surface area (Å²) in [7, 11) is 0. The second-order valence-corrected chi connectivity index (χ2v) is 7.42. The summed E-state index contributed by atoms with van der Waals surface area (Å²) in [4.78, 5) is 27.9. The van der Waals surface area contributed by atoms with Crippen molar-refractivity contribution in [1.82, 2.24) is 15.0 Å². The molecule has 2 N–H and O–H groups in total. The number of nitrogens with zero attached hydrogens (tertiary/aromatic N) is 4. The Labute approximate surface area is 160 Å². The van der Waals surface area contributed by atoms with E-state index in [1.54, 1.807) is 29.7 Å². The third kappa shape index (κ3) is 3.96. The Morgan fingerprint density at radius 1 is 1.30 bits per heavy atom. The molecular formula is C19H19N5O2S. The van der Waals surface area contributed by atoms with Gasteiger partial charge in [-0.15, -0.1) is 0 Å². The average molecular weight is 381 g/mol. The minimum atomic E-state index is -0.277. The number of hydrogen-bond donors (Lipinski definition) is 2. The lowest BCUT2D eigenvalue weighted by molar-refractivity contribution is 0.101. The number of rotatable bonds is 5. The molecule has 7 nitrogen and oxygen atoms in total. The molecule has 1 aliphatic rings. The zero-order valence-electron chi connectivity index (χ0n) is 14.8. The number of β-amino-alcohol motifs (C(OH)–C–C–N with tert-alkyl or cyclic N) is 1. The van der Waals surface area contributed by atoms with E-state index in [0.29, 0.717) is 23.7 Å². The highest BCUT2D eigenvalue weighted by Gasteiger charge is 2.23. The number of Topliss-reactive ketones (excluding diaryl/α,β-unsaturated/α-hetero) is 1. The fraction of sp³-hybridized carbons (Fsp3) is 0.263. The quantitative estimate of drug-likeness (QED) is 0.656. The Balaban J connectivity index is 1.54. The smallest absolute Gasteiger partial charge is 0.185 e. The van der Waals surface area contributed by atoms with Crippen LogP contribution in [-0.2, 0) is 0 Å². The summed E-state index contributed by atoms with van der Waals surface area (Å²) in [6.45, 7) is 2.97. The number of ketones is 1. The Bertz CT molecular complexity index is 974. The summed E-state index contributed by atoms with van der Waals surface area (Å²) in [5, 5.41) is 13.7. The average Bonchev–Trinajstić information content (AvgIpc) is 3.31. The third-order valence-electron chi connectivity index (χ3n) is 4.35. The van der Waals surface area contributed by atoms with Crippen molar-refractivity contribution in [1.29, 1.82) is 0 Å². The monoisotopic (exact) mass is 381 g/mol. The van der Waals surface area contributed by atoms with E-state index < -0.39 is 0 Å². The minimum absolute atomic E-state index is 0.00798. The van der Waals surface area contributed by atoms with Crippen molar-refractivity contribution >= 4 is 33.9 Å². The first kappa shape index (κ1) is 17.6. The number of anilines is 3. The van der Waals surface area contributed by atoms with Gasteiger partial charge in [0.15, 0.2) is 10.9 Å². The molecule has 0 bridgehead atoms. The van der Waals surface area contributed by atoms with Crippen LogP contribution in [0.5, 0.6) is 0 Å². The molecule has 0 unspecified atom stereocenters. The number of aromatic nitrogens is 3. The van der Waals surface area contributed by atoms with Gasteiger partial charge in [-0.3, -0.25) is 4.79 Å². The standard InChI is InChI=1S/C19H19N5O2S/c1-12(25)13-5-7-20-18(9-13)23-17-4-2-3-15(22-17)16-10-21-19(27-16)24-8-6-14(26)11-24/h2-5,7,9-10,14,26H,6,8,11H2,1H3,(H,20,22,23)/t14-/m1/s1. The molecule has 8 heteroatoms. The molecule has 0 aromatic carbocycles. The van der Waals surface area contributed by atoms with Crippen LogP contribution in [0.3, 0.4) is 0 Å². The molecule has 0 saturated carbocycles. The highest BCUT2D eigenvalue weighted by Crippen LogP contribution is 2.32. The fourth-order valence-electron chi connectivity index (χ4n) is 2.94. The second-order valence-electron chi connectivity index (χ2n) is 6.41. The van der Waals surface area contributed by atoms with Crippen LogP contribution in [0.4, 0.5) is 16.8 Å². The maximum Gasteiger partial charge on any atom is 0.185 e. The summed E-state index contributed by atoms with van der Waals surface area (Å²) in [5.41, 5.74) is 1.41. The van der Waals surface area contributed by atoms with Gasteiger partial charge >= 0.3 is 0 Å². The van der Waals surface area contributed by atoms with Crippen molar-refractivity contribution in [3.05, 3.63) is 48.3 Å². The van der Waals surface area contributed by atoms with Crippen LogP contribution in [0.1, 0.15) is 23.7 Å². The highest BCUT2D eigenvalue weighted by atomic mass is 32.1. The molecule has 1 atom stereocenters. The maximum atomic E-state index is 11.5. The number of nitrogens with one attached hydrogen (secondary N) is 1. The number of pyridine rings is 2. The lowest BCUT2D eigenvalue weighted by Crippen LogP contribution is -2.20. The Morgan fingerprint density at radius 3 is 2.96 bits per heavy atom. The summed E-state index contributed by atoms with van der Waals surface area (Å²) in [6, 6.07) is 9.09. The predicted octanol–water partition coefficient (Wildman–Crippen LogP) is 3.12. The van der Waals surface area contributed by atoms with Gasteiger partial charge in [0.25, 0.3) is 0 Å². The molecule has 0 radical (unpaired) electrons. The Kier molecular flexibility index (Phi) is 4.83. The van der Waals surface area contributed by atoms with Crippen molar-refractivity contribution in [2.45, 2.75) is 19.4 Å². The number of carbonyl (C=O) groups excluding carboxylic acids is 1. The van der Waals surface area contributed by atoms with Gasteiger partial charge in [0.2, 0.25) is 0 Å². The van der Waals surface area contributed by atoms with E-state index in [9.17, 15) is 9.90 Å². The number of aliphatic hydroxyl groups excluding tert-OH is 1. The van der Waals surface area contributed by atoms with Gasteiger partial charge in [0.05, 0.1) is 16.7 Å². The molecule has 0 aliphatic carbocycles. The van der Waals surface area contributed by atoms with E-state index in [1.807, 2.05) is 24.4 Å². The first-order valence-electron chi connectivity index (χ1n) is 8.69. The van der Waals surface area contributed by atoms with Crippen LogP contribution >= 0.6 is 11.3 Å². The molecule has 3 aromatic rings. The van der Waals surface area contributed by atoms with E-state index in [4.69, 9.17) is 0 Å². The van der Waals surface area contributed by atoms with E-state index in [1.165, 1.54) is 6.92 Å². The molecular weight excluding hydrogens is 362 g/mol. The lowest BCUT2D eigenvalue weighted by atomic mass is 10.2. The predicted molar refractivity (Wildman–Crippen MR) is 106 cm³/mol. The van der Waals surface area contributed by atoms with Gasteiger partial charge < -0.3 is 15.3 Å². The van der Waals surface area contributed by atoms with Gasteiger partial charge in [-0.25, -0.2) is 15.0 Å². The number of carbonyl (C=O) groups is 1. The molecule has 1 aliphatic heterocycles. The van der Waals surface area contributed by atoms with Crippen LogP contribution in [0, 0.1) is 0 Å². The van der Waals surface area contributed by atoms with Gasteiger partial charge in [-0.05, 0) is 37.6 Å². The SMILES string of the molecule is CC(=O)c1ccnc(Nc2cccc(-c3cnc(N4CC[C@@H](O)C4)s3)n2)c1. The number of hydrogen-bond acceptors (Lipinski definition) is 8. The summed E-state index contributed by atoms with van der Waals surface area (Å²) in [5.74, 6) is 1.21. The van der Waals surface area contributed by atoms with E-state index >= 15 is 0 Å². The number of aliphatic hydroxyl groups is 1. The van der Waals surface area contributed by atoms with Crippen LogP contribution in [0.15, 0.2) is 42.7 Å². The van der Waals surface area contributed by atoms with Crippen molar-refractivity contribution in [3.63, 3.8) is 0 Å². The molecule has 0 spiro atoms. The molecule has 1 saturated heterocycles. The normalized spacial score (nSPS) is 16.5. The van der Waals surface area contributed by atoms with Crippen molar-refractivity contribution in [2.24, 2.45) is 0 Å². The third-order valence-corrected chi connectivity index (χ3v) is 5.43. The fourth-order valence-corrected chi connectivity index (χ4v) is 3.86. The van der Waals surface area contributed by atoms with Gasteiger partial charge in [0, 0.05) is 31.0 Å². The first-order chi connectivity index (χ1) is 13.1. The van der Waals surface area contributed by atoms with E-state index in [0.717, 1.165) is 28.7 Å². The summed E-state index contributed by atoms with van der Waals surface area (Å²) in [6.07, 6.45) is 3.91. The zero-order chi connectivity index (χ0) is 18.8. The van der Waals surface area contributed by atoms with Gasteiger partial charge in [-0.1, -0.05) is 17.4 Å². The molecule has 1 fully saturated rings. The molecule has 0 amide bonds. The summed E-state index contributed by atoms with van der Waals surface area (Å²) < 4.78 is 0. The van der Waals surface area contributed by atoms with E-state index in [2.05, 4.69) is 25.2 Å². The topological polar surface area (TPSA) is 91.2 Å². The van der Waals surface area contributed by atoms with Crippen molar-refractivity contribution in [2.75, 3.05) is 23.3 Å². The second kappa shape index (κ2) is 7.42. The molecule has 4 heterocycles. The van der Waals surface area contributed by atoms with E-state index in [-0.39, 0.29) is 11.9 Å². The van der Waals surface area contributed by atoms with Crippen molar-refractivity contribution in [3.8, 4) is 10.6 Å². The zero-order valence-corrected chi connectivity index (χ0v) is 15.6. The van der Waals surface area contributed by atoms with Crippen LogP contribution in [0.2, 0.25) is 0 Å². The Hall–Kier alpha value is -2.84. The van der Waals surface area contributed by atoms with Crippen molar-refractivity contribution < 1.29 is 9.90 Å². The molecule has 3 aromatic heterocycles. The largest absolute Gasteiger partial charge is 0.391 e.